The minimum atomic E-state index is -3.93. The smallest absolute Gasteiger partial charge is 0.319 e. The molecule has 3 amide bonds. The van der Waals surface area contributed by atoms with Crippen molar-refractivity contribution in [1.82, 2.24) is 14.6 Å². The van der Waals surface area contributed by atoms with E-state index in [9.17, 15) is 18.0 Å². The molecule has 1 atom stereocenters. The highest BCUT2D eigenvalue weighted by molar-refractivity contribution is 7.90. The van der Waals surface area contributed by atoms with Crippen molar-refractivity contribution >= 4 is 32.9 Å². The molecule has 0 aliphatic carbocycles. The normalized spacial score (nSPS) is 19.0. The fourth-order valence-corrected chi connectivity index (χ4v) is 5.24. The Kier molecular flexibility index (Phi) is 4.54. The lowest BCUT2D eigenvalue weighted by atomic mass is 9.84. The molecule has 3 aromatic rings. The fraction of sp³-hybridized carbons (Fsp3) is 0.182. The Hall–Kier alpha value is -3.39. The van der Waals surface area contributed by atoms with Crippen LogP contribution in [0.15, 0.2) is 71.8 Å². The molecule has 1 unspecified atom stereocenters. The maximum atomic E-state index is 13.4. The summed E-state index contributed by atoms with van der Waals surface area (Å²) in [5.74, 6) is -0.536. The number of carbonyl (C=O) groups is 2. The molecule has 0 bridgehead atoms. The Morgan fingerprint density at radius 3 is 2.37 bits per heavy atom. The number of rotatable bonds is 5. The number of benzene rings is 2. The van der Waals surface area contributed by atoms with Gasteiger partial charge >= 0.3 is 6.03 Å². The van der Waals surface area contributed by atoms with E-state index in [-0.39, 0.29) is 11.3 Å². The lowest BCUT2D eigenvalue weighted by molar-refractivity contribution is -0.124. The SMILES string of the molecule is C=C(C)CC1(c2cn(S(=O)(=O)c3ccc(C)cc3)c3ccccc23)NC(=O)NC1=O. The van der Waals surface area contributed by atoms with Gasteiger partial charge in [-0.1, -0.05) is 41.5 Å². The predicted molar refractivity (Wildman–Crippen MR) is 113 cm³/mol. The van der Waals surface area contributed by atoms with Gasteiger partial charge in [0.2, 0.25) is 0 Å². The minimum Gasteiger partial charge on any atom is -0.319 e. The highest BCUT2D eigenvalue weighted by Gasteiger charge is 2.49. The average molecular weight is 423 g/mol. The Balaban J connectivity index is 2.00. The number of hydrogen-bond donors (Lipinski definition) is 2. The van der Waals surface area contributed by atoms with Crippen molar-refractivity contribution < 1.29 is 18.0 Å². The summed E-state index contributed by atoms with van der Waals surface area (Å²) in [4.78, 5) is 25.0. The number of aromatic nitrogens is 1. The number of nitrogens with one attached hydrogen (secondary N) is 2. The second-order valence-corrected chi connectivity index (χ2v) is 9.44. The topological polar surface area (TPSA) is 97.3 Å². The van der Waals surface area contributed by atoms with E-state index in [0.717, 1.165) is 5.56 Å². The van der Waals surface area contributed by atoms with Crippen LogP contribution in [0.5, 0.6) is 0 Å². The number of carbonyl (C=O) groups excluding carboxylic acids is 2. The monoisotopic (exact) mass is 423 g/mol. The van der Waals surface area contributed by atoms with Gasteiger partial charge in [0.15, 0.2) is 5.54 Å². The van der Waals surface area contributed by atoms with Gasteiger partial charge < -0.3 is 5.32 Å². The zero-order valence-electron chi connectivity index (χ0n) is 16.6. The molecule has 4 rings (SSSR count). The quantitative estimate of drug-likeness (QED) is 0.486. The molecule has 2 aromatic carbocycles. The van der Waals surface area contributed by atoms with Gasteiger partial charge in [0.1, 0.15) is 0 Å². The summed E-state index contributed by atoms with van der Waals surface area (Å²) in [7, 11) is -3.93. The number of urea groups is 1. The van der Waals surface area contributed by atoms with Crippen LogP contribution in [0.3, 0.4) is 0 Å². The summed E-state index contributed by atoms with van der Waals surface area (Å²) in [6, 6.07) is 12.8. The molecule has 1 aliphatic rings. The van der Waals surface area contributed by atoms with Crippen molar-refractivity contribution in [1.29, 1.82) is 0 Å². The molecule has 1 aliphatic heterocycles. The van der Waals surface area contributed by atoms with Crippen molar-refractivity contribution in [2.24, 2.45) is 0 Å². The van der Waals surface area contributed by atoms with E-state index in [1.807, 2.05) is 6.92 Å². The summed E-state index contributed by atoms with van der Waals surface area (Å²) in [6.45, 7) is 7.51. The van der Waals surface area contributed by atoms with Crippen LogP contribution in [-0.2, 0) is 20.4 Å². The van der Waals surface area contributed by atoms with Crippen LogP contribution in [-0.4, -0.2) is 24.3 Å². The molecule has 0 spiro atoms. The Bertz CT molecular complexity index is 1310. The first-order chi connectivity index (χ1) is 14.1. The third-order valence-corrected chi connectivity index (χ3v) is 6.91. The molecular weight excluding hydrogens is 402 g/mol. The van der Waals surface area contributed by atoms with Crippen molar-refractivity contribution in [2.75, 3.05) is 0 Å². The van der Waals surface area contributed by atoms with Crippen molar-refractivity contribution in [3.8, 4) is 0 Å². The first kappa shape index (κ1) is 19.9. The van der Waals surface area contributed by atoms with Gasteiger partial charge in [-0.15, -0.1) is 6.58 Å². The summed E-state index contributed by atoms with van der Waals surface area (Å²) >= 11 is 0. The number of imide groups is 1. The largest absolute Gasteiger partial charge is 0.322 e. The fourth-order valence-electron chi connectivity index (χ4n) is 3.87. The van der Waals surface area contributed by atoms with Crippen LogP contribution in [0.25, 0.3) is 10.9 Å². The van der Waals surface area contributed by atoms with Crippen molar-refractivity contribution in [2.45, 2.75) is 30.7 Å². The third kappa shape index (κ3) is 3.00. The molecule has 30 heavy (non-hydrogen) atoms. The second-order valence-electron chi connectivity index (χ2n) is 7.62. The number of para-hydroxylation sites is 1. The van der Waals surface area contributed by atoms with E-state index in [1.54, 1.807) is 55.5 Å². The number of amides is 3. The Morgan fingerprint density at radius 2 is 1.77 bits per heavy atom. The molecule has 154 valence electrons. The van der Waals surface area contributed by atoms with Gasteiger partial charge in [0, 0.05) is 23.6 Å². The van der Waals surface area contributed by atoms with Gasteiger partial charge in [0.25, 0.3) is 15.9 Å². The second kappa shape index (κ2) is 6.84. The summed E-state index contributed by atoms with van der Waals surface area (Å²) < 4.78 is 28.0. The standard InChI is InChI=1S/C22H21N3O4S/c1-14(2)12-22(20(26)23-21(27)24-22)18-13-25(19-7-5-4-6-17(18)19)30(28,29)16-10-8-15(3)9-11-16/h4-11,13H,1,12H2,2-3H3,(H2,23,24,26,27). The highest BCUT2D eigenvalue weighted by Crippen LogP contribution is 2.38. The lowest BCUT2D eigenvalue weighted by Gasteiger charge is -2.26. The molecular formula is C22H21N3O4S. The minimum absolute atomic E-state index is 0.134. The van der Waals surface area contributed by atoms with E-state index in [0.29, 0.717) is 22.0 Å². The molecule has 2 N–H and O–H groups in total. The lowest BCUT2D eigenvalue weighted by Crippen LogP contribution is -2.44. The van der Waals surface area contributed by atoms with Gasteiger partial charge in [-0.05, 0) is 32.0 Å². The highest BCUT2D eigenvalue weighted by atomic mass is 32.2. The van der Waals surface area contributed by atoms with Crippen LogP contribution in [0.1, 0.15) is 24.5 Å². The molecule has 1 saturated heterocycles. The number of fused-ring (bicyclic) bond motifs is 1. The van der Waals surface area contributed by atoms with Crippen LogP contribution < -0.4 is 10.6 Å². The van der Waals surface area contributed by atoms with Crippen LogP contribution in [0.4, 0.5) is 4.79 Å². The molecule has 0 radical (unpaired) electrons. The first-order valence-corrected chi connectivity index (χ1v) is 10.8. The van der Waals surface area contributed by atoms with Gasteiger partial charge in [-0.3, -0.25) is 10.1 Å². The average Bonchev–Trinajstić information content (AvgIpc) is 3.20. The number of hydrogen-bond acceptors (Lipinski definition) is 4. The van der Waals surface area contributed by atoms with Crippen LogP contribution in [0.2, 0.25) is 0 Å². The molecule has 0 saturated carbocycles. The molecule has 7 nitrogen and oxygen atoms in total. The maximum absolute atomic E-state index is 13.4. The molecule has 2 heterocycles. The van der Waals surface area contributed by atoms with Gasteiger partial charge in [-0.25, -0.2) is 17.2 Å². The van der Waals surface area contributed by atoms with Crippen molar-refractivity contribution in [3.05, 3.63) is 78.0 Å². The first-order valence-electron chi connectivity index (χ1n) is 9.36. The van der Waals surface area contributed by atoms with Crippen LogP contribution >= 0.6 is 0 Å². The predicted octanol–water partition coefficient (Wildman–Crippen LogP) is 3.19. The summed E-state index contributed by atoms with van der Waals surface area (Å²) in [6.07, 6.45) is 1.57. The number of aryl methyl sites for hydroxylation is 1. The van der Waals surface area contributed by atoms with E-state index in [1.165, 1.54) is 10.2 Å². The molecule has 8 heteroatoms. The zero-order chi connectivity index (χ0) is 21.7. The van der Waals surface area contributed by atoms with E-state index in [4.69, 9.17) is 0 Å². The van der Waals surface area contributed by atoms with E-state index < -0.39 is 27.5 Å². The summed E-state index contributed by atoms with van der Waals surface area (Å²) in [5.41, 5.74) is 1.00. The van der Waals surface area contributed by atoms with Gasteiger partial charge in [-0.2, -0.15) is 0 Å². The zero-order valence-corrected chi connectivity index (χ0v) is 17.4. The molecule has 1 fully saturated rings. The Morgan fingerprint density at radius 1 is 1.10 bits per heavy atom. The maximum Gasteiger partial charge on any atom is 0.322 e. The molecule has 1 aromatic heterocycles. The van der Waals surface area contributed by atoms with Gasteiger partial charge in [0.05, 0.1) is 10.4 Å². The summed E-state index contributed by atoms with van der Waals surface area (Å²) in [5, 5.41) is 5.54. The number of nitrogens with zero attached hydrogens (tertiary/aromatic N) is 1. The van der Waals surface area contributed by atoms with Crippen LogP contribution in [0, 0.1) is 6.92 Å². The van der Waals surface area contributed by atoms with E-state index >= 15 is 0 Å². The van der Waals surface area contributed by atoms with E-state index in [2.05, 4.69) is 17.2 Å². The third-order valence-electron chi connectivity index (χ3n) is 5.22. The van der Waals surface area contributed by atoms with Crippen molar-refractivity contribution in [3.63, 3.8) is 0 Å². The Labute approximate surface area is 174 Å².